The second-order valence-corrected chi connectivity index (χ2v) is 11.6. The molecule has 252 valence electrons. The summed E-state index contributed by atoms with van der Waals surface area (Å²) in [5, 5.41) is 9.54. The molecule has 0 saturated heterocycles. The molecule has 0 aromatic carbocycles. The highest BCUT2D eigenvalue weighted by molar-refractivity contribution is 5.69. The monoisotopic (exact) mass is 613 g/mol. The van der Waals surface area contributed by atoms with E-state index < -0.39 is 6.10 Å². The Morgan fingerprint density at radius 2 is 1.02 bits per heavy atom. The number of aliphatic hydroxyl groups is 1. The van der Waals surface area contributed by atoms with E-state index in [9.17, 15) is 9.90 Å². The van der Waals surface area contributed by atoms with Crippen molar-refractivity contribution in [1.29, 1.82) is 0 Å². The van der Waals surface area contributed by atoms with Crippen LogP contribution in [0.2, 0.25) is 0 Å². The molecule has 0 radical (unpaired) electrons. The molecule has 0 aromatic rings. The number of carbonyl (C=O) groups is 1. The summed E-state index contributed by atoms with van der Waals surface area (Å²) < 4.78 is 11.1. The second-order valence-electron chi connectivity index (χ2n) is 11.6. The van der Waals surface area contributed by atoms with Crippen LogP contribution in [-0.2, 0) is 14.3 Å². The highest BCUT2D eigenvalue weighted by Crippen LogP contribution is 2.09. The van der Waals surface area contributed by atoms with Crippen LogP contribution in [-0.4, -0.2) is 37.0 Å². The average molecular weight is 613 g/mol. The van der Waals surface area contributed by atoms with Gasteiger partial charge in [0.1, 0.15) is 6.10 Å². The molecule has 0 aromatic heterocycles. The quantitative estimate of drug-likeness (QED) is 0.0466. The van der Waals surface area contributed by atoms with Crippen molar-refractivity contribution in [1.82, 2.24) is 0 Å². The second kappa shape index (κ2) is 37.0. The first-order chi connectivity index (χ1) is 21.7. The molecule has 1 atom stereocenters. The normalized spacial score (nSPS) is 13.2. The van der Waals surface area contributed by atoms with Crippen molar-refractivity contribution in [3.05, 3.63) is 72.9 Å². The van der Waals surface area contributed by atoms with Crippen molar-refractivity contribution in [3.63, 3.8) is 0 Å². The Balaban J connectivity index is 3.57. The molecule has 0 fully saturated rings. The molecular formula is C40H68O4. The van der Waals surface area contributed by atoms with Gasteiger partial charge >= 0.3 is 5.97 Å². The van der Waals surface area contributed by atoms with Crippen molar-refractivity contribution < 1.29 is 19.4 Å². The van der Waals surface area contributed by atoms with E-state index in [1.807, 2.05) is 0 Å². The Hall–Kier alpha value is -2.17. The SMILES string of the molecule is CC/C=C\C/C=C\C/C=C\C/C=C\CCCCC(=O)OC(CO)COCCCCCCCC/C=C\C/C=C\CCCCCC. The van der Waals surface area contributed by atoms with Crippen LogP contribution in [0.15, 0.2) is 72.9 Å². The minimum Gasteiger partial charge on any atom is -0.457 e. The molecule has 0 amide bonds. The van der Waals surface area contributed by atoms with Gasteiger partial charge in [0.15, 0.2) is 0 Å². The molecule has 44 heavy (non-hydrogen) atoms. The summed E-state index contributed by atoms with van der Waals surface area (Å²) in [4.78, 5) is 12.1. The Kier molecular flexibility index (Phi) is 35.2. The number of carbonyl (C=O) groups excluding carboxylic acids is 1. The first-order valence-electron chi connectivity index (χ1n) is 18.0. The fraction of sp³-hybridized carbons (Fsp3) is 0.675. The standard InChI is InChI=1S/C40H68O4/c1-3-5-7-9-11-13-15-17-19-20-22-24-26-28-30-32-34-36-43-38-39(37-41)44-40(42)35-33-31-29-27-25-23-21-18-16-14-12-10-8-6-4-2/h6,8,12-15,18-21,25,27,39,41H,3-5,7,9-11,16-17,22-24,26,28-38H2,1-2H3/b8-6-,14-12-,15-13-,20-19-,21-18-,27-25-. The molecule has 0 rings (SSSR count). The van der Waals surface area contributed by atoms with E-state index in [1.54, 1.807) is 0 Å². The zero-order valence-corrected chi connectivity index (χ0v) is 28.6. The van der Waals surface area contributed by atoms with Gasteiger partial charge in [0.05, 0.1) is 13.2 Å². The molecule has 0 aliphatic heterocycles. The largest absolute Gasteiger partial charge is 0.457 e. The van der Waals surface area contributed by atoms with Crippen molar-refractivity contribution in [2.24, 2.45) is 0 Å². The predicted molar refractivity (Wildman–Crippen MR) is 191 cm³/mol. The summed E-state index contributed by atoms with van der Waals surface area (Å²) in [7, 11) is 0. The maximum Gasteiger partial charge on any atom is 0.306 e. The van der Waals surface area contributed by atoms with Crippen molar-refractivity contribution in [2.75, 3.05) is 19.8 Å². The lowest BCUT2D eigenvalue weighted by atomic mass is 10.1. The maximum atomic E-state index is 12.1. The Morgan fingerprint density at radius 1 is 0.568 bits per heavy atom. The average Bonchev–Trinajstić information content (AvgIpc) is 3.03. The Morgan fingerprint density at radius 3 is 1.55 bits per heavy atom. The van der Waals surface area contributed by atoms with Gasteiger partial charge in [-0.2, -0.15) is 0 Å². The number of aliphatic hydroxyl groups excluding tert-OH is 1. The van der Waals surface area contributed by atoms with Crippen LogP contribution in [0.4, 0.5) is 0 Å². The molecule has 0 spiro atoms. The zero-order valence-electron chi connectivity index (χ0n) is 28.6. The Labute approximate surface area is 272 Å². The molecule has 1 N–H and O–H groups in total. The molecule has 0 aliphatic rings. The third-order valence-electron chi connectivity index (χ3n) is 7.27. The number of hydrogen-bond donors (Lipinski definition) is 1. The molecule has 0 aliphatic carbocycles. The third-order valence-corrected chi connectivity index (χ3v) is 7.27. The predicted octanol–water partition coefficient (Wildman–Crippen LogP) is 11.5. The fourth-order valence-corrected chi connectivity index (χ4v) is 4.58. The summed E-state index contributed by atoms with van der Waals surface area (Å²) in [6.45, 7) is 5.13. The van der Waals surface area contributed by atoms with Crippen molar-refractivity contribution >= 4 is 5.97 Å². The first kappa shape index (κ1) is 41.8. The molecule has 1 unspecified atom stereocenters. The minimum absolute atomic E-state index is 0.197. The van der Waals surface area contributed by atoms with Crippen LogP contribution in [0.1, 0.15) is 149 Å². The number of ether oxygens (including phenoxy) is 2. The summed E-state index contributed by atoms with van der Waals surface area (Å²) in [5.41, 5.74) is 0. The molecular weight excluding hydrogens is 544 g/mol. The number of allylic oxidation sites excluding steroid dienone is 12. The first-order valence-corrected chi connectivity index (χ1v) is 18.0. The van der Waals surface area contributed by atoms with Gasteiger partial charge in [0, 0.05) is 13.0 Å². The van der Waals surface area contributed by atoms with Crippen LogP contribution in [0.5, 0.6) is 0 Å². The zero-order chi connectivity index (χ0) is 32.0. The van der Waals surface area contributed by atoms with E-state index in [4.69, 9.17) is 9.47 Å². The lowest BCUT2D eigenvalue weighted by Gasteiger charge is -2.15. The lowest BCUT2D eigenvalue weighted by Crippen LogP contribution is -2.27. The highest BCUT2D eigenvalue weighted by Gasteiger charge is 2.13. The summed E-state index contributed by atoms with van der Waals surface area (Å²) in [6.07, 6.45) is 49.4. The van der Waals surface area contributed by atoms with Crippen molar-refractivity contribution in [2.45, 2.75) is 155 Å². The maximum absolute atomic E-state index is 12.1. The number of unbranched alkanes of at least 4 members (excludes halogenated alkanes) is 12. The number of hydrogen-bond acceptors (Lipinski definition) is 4. The molecule has 0 saturated carbocycles. The van der Waals surface area contributed by atoms with E-state index >= 15 is 0 Å². The van der Waals surface area contributed by atoms with Crippen LogP contribution >= 0.6 is 0 Å². The Bertz CT molecular complexity index is 774. The van der Waals surface area contributed by atoms with Gasteiger partial charge in [-0.25, -0.2) is 0 Å². The number of rotatable bonds is 32. The molecule has 0 heterocycles. The highest BCUT2D eigenvalue weighted by atomic mass is 16.6. The van der Waals surface area contributed by atoms with Crippen LogP contribution in [0.3, 0.4) is 0 Å². The molecule has 4 heteroatoms. The third kappa shape index (κ3) is 34.3. The van der Waals surface area contributed by atoms with Gasteiger partial charge in [-0.3, -0.25) is 4.79 Å². The van der Waals surface area contributed by atoms with E-state index in [0.717, 1.165) is 64.2 Å². The van der Waals surface area contributed by atoms with Gasteiger partial charge in [-0.1, -0.05) is 132 Å². The van der Waals surface area contributed by atoms with E-state index in [1.165, 1.54) is 64.2 Å². The van der Waals surface area contributed by atoms with Gasteiger partial charge in [-0.05, 0) is 83.5 Å². The van der Waals surface area contributed by atoms with Gasteiger partial charge in [0.25, 0.3) is 0 Å². The van der Waals surface area contributed by atoms with Crippen LogP contribution in [0, 0.1) is 0 Å². The van der Waals surface area contributed by atoms with Gasteiger partial charge in [0.2, 0.25) is 0 Å². The van der Waals surface area contributed by atoms with Crippen molar-refractivity contribution in [3.8, 4) is 0 Å². The lowest BCUT2D eigenvalue weighted by molar-refractivity contribution is -0.154. The van der Waals surface area contributed by atoms with E-state index in [0.29, 0.717) is 13.0 Å². The van der Waals surface area contributed by atoms with Gasteiger partial charge in [-0.15, -0.1) is 0 Å². The fourth-order valence-electron chi connectivity index (χ4n) is 4.58. The van der Waals surface area contributed by atoms with E-state index in [2.05, 4.69) is 86.8 Å². The summed E-state index contributed by atoms with van der Waals surface area (Å²) in [5.74, 6) is -0.248. The van der Waals surface area contributed by atoms with Crippen LogP contribution < -0.4 is 0 Å². The summed E-state index contributed by atoms with van der Waals surface area (Å²) in [6, 6.07) is 0. The van der Waals surface area contributed by atoms with Crippen LogP contribution in [0.25, 0.3) is 0 Å². The minimum atomic E-state index is -0.564. The number of esters is 1. The topological polar surface area (TPSA) is 55.8 Å². The molecule has 4 nitrogen and oxygen atoms in total. The molecule has 0 bridgehead atoms. The van der Waals surface area contributed by atoms with Gasteiger partial charge < -0.3 is 14.6 Å². The smallest absolute Gasteiger partial charge is 0.306 e. The van der Waals surface area contributed by atoms with E-state index in [-0.39, 0.29) is 19.2 Å². The summed E-state index contributed by atoms with van der Waals surface area (Å²) >= 11 is 0.